The van der Waals surface area contributed by atoms with Gasteiger partial charge in [-0.05, 0) is 38.1 Å². The largest absolute Gasteiger partial charge is 0.340 e. The van der Waals surface area contributed by atoms with E-state index in [1.54, 1.807) is 37.3 Å². The molecule has 0 saturated carbocycles. The van der Waals surface area contributed by atoms with Crippen molar-refractivity contribution < 1.29 is 13.6 Å². The number of ketones is 1. The molecule has 0 aliphatic heterocycles. The molecule has 0 spiro atoms. The Hall–Kier alpha value is -3.35. The second-order valence-corrected chi connectivity index (χ2v) is 5.73. The van der Waals surface area contributed by atoms with E-state index < -0.39 is 11.6 Å². The summed E-state index contributed by atoms with van der Waals surface area (Å²) in [6, 6.07) is 11.9. The maximum atomic E-state index is 13.8. The molecule has 2 aromatic carbocycles. The lowest BCUT2D eigenvalue weighted by Gasteiger charge is -2.11. The smallest absolute Gasteiger partial charge is 0.229 e. The number of hydrogen-bond donors (Lipinski definition) is 2. The van der Waals surface area contributed by atoms with Crippen LogP contribution >= 0.6 is 0 Å². The van der Waals surface area contributed by atoms with Gasteiger partial charge in [-0.25, -0.2) is 13.8 Å². The third kappa shape index (κ3) is 4.18. The minimum Gasteiger partial charge on any atom is -0.340 e. The van der Waals surface area contributed by atoms with Gasteiger partial charge in [0.2, 0.25) is 5.95 Å². The van der Waals surface area contributed by atoms with Gasteiger partial charge >= 0.3 is 0 Å². The third-order valence-corrected chi connectivity index (χ3v) is 3.57. The average Bonchev–Trinajstić information content (AvgIpc) is 2.57. The van der Waals surface area contributed by atoms with Crippen molar-refractivity contribution in [3.8, 4) is 0 Å². The predicted octanol–water partition coefficient (Wildman–Crippen LogP) is 4.75. The molecule has 0 amide bonds. The lowest BCUT2D eigenvalue weighted by molar-refractivity contribution is 0.101. The fourth-order valence-corrected chi connectivity index (χ4v) is 2.36. The molecule has 2 N–H and O–H groups in total. The van der Waals surface area contributed by atoms with Gasteiger partial charge < -0.3 is 10.6 Å². The SMILES string of the molecule is CC(=O)c1cccc(Nc2cc(C)nc(Nc3ccc(F)cc3F)n2)c1. The zero-order chi connectivity index (χ0) is 18.7. The highest BCUT2D eigenvalue weighted by atomic mass is 19.1. The Morgan fingerprint density at radius 1 is 1.00 bits per heavy atom. The first-order valence-electron chi connectivity index (χ1n) is 7.86. The summed E-state index contributed by atoms with van der Waals surface area (Å²) in [5.74, 6) is -0.796. The molecule has 0 aliphatic rings. The van der Waals surface area contributed by atoms with Crippen molar-refractivity contribution in [2.45, 2.75) is 13.8 Å². The van der Waals surface area contributed by atoms with Crippen LogP contribution < -0.4 is 10.6 Å². The summed E-state index contributed by atoms with van der Waals surface area (Å²) < 4.78 is 26.8. The summed E-state index contributed by atoms with van der Waals surface area (Å²) in [7, 11) is 0. The molecule has 132 valence electrons. The number of aromatic nitrogens is 2. The molecule has 0 fully saturated rings. The Balaban J connectivity index is 1.85. The summed E-state index contributed by atoms with van der Waals surface area (Å²) >= 11 is 0. The Bertz CT molecular complexity index is 976. The predicted molar refractivity (Wildman–Crippen MR) is 96.1 cm³/mol. The molecular formula is C19H16F2N4O. The van der Waals surface area contributed by atoms with Crippen LogP contribution in [0.5, 0.6) is 0 Å². The van der Waals surface area contributed by atoms with Crippen molar-refractivity contribution in [1.82, 2.24) is 9.97 Å². The fourth-order valence-electron chi connectivity index (χ4n) is 2.36. The number of carbonyl (C=O) groups excluding carboxylic acids is 1. The zero-order valence-corrected chi connectivity index (χ0v) is 14.2. The second kappa shape index (κ2) is 7.26. The maximum absolute atomic E-state index is 13.8. The van der Waals surface area contributed by atoms with Crippen LogP contribution in [0, 0.1) is 18.6 Å². The van der Waals surface area contributed by atoms with Gasteiger partial charge in [-0.3, -0.25) is 4.79 Å². The number of nitrogens with zero attached hydrogens (tertiary/aromatic N) is 2. The molecule has 0 unspecified atom stereocenters. The molecule has 1 heterocycles. The zero-order valence-electron chi connectivity index (χ0n) is 14.2. The average molecular weight is 354 g/mol. The van der Waals surface area contributed by atoms with E-state index >= 15 is 0 Å². The molecule has 0 bridgehead atoms. The van der Waals surface area contributed by atoms with Gasteiger partial charge in [0.15, 0.2) is 5.78 Å². The van der Waals surface area contributed by atoms with E-state index in [0.29, 0.717) is 22.8 Å². The maximum Gasteiger partial charge on any atom is 0.229 e. The Morgan fingerprint density at radius 3 is 2.54 bits per heavy atom. The van der Waals surface area contributed by atoms with Crippen molar-refractivity contribution in [3.05, 3.63) is 71.4 Å². The van der Waals surface area contributed by atoms with E-state index in [1.165, 1.54) is 13.0 Å². The number of anilines is 4. The van der Waals surface area contributed by atoms with E-state index in [1.807, 2.05) is 0 Å². The number of carbonyl (C=O) groups is 1. The Labute approximate surface area is 149 Å². The molecule has 0 saturated heterocycles. The number of hydrogen-bond acceptors (Lipinski definition) is 5. The van der Waals surface area contributed by atoms with Gasteiger partial charge in [-0.15, -0.1) is 0 Å². The Kier molecular flexibility index (Phi) is 4.88. The van der Waals surface area contributed by atoms with Gasteiger partial charge in [0.1, 0.15) is 17.5 Å². The molecule has 0 radical (unpaired) electrons. The van der Waals surface area contributed by atoms with E-state index in [4.69, 9.17) is 0 Å². The summed E-state index contributed by atoms with van der Waals surface area (Å²) in [6.07, 6.45) is 0. The minimum absolute atomic E-state index is 0.0401. The van der Waals surface area contributed by atoms with E-state index in [2.05, 4.69) is 20.6 Å². The van der Waals surface area contributed by atoms with Crippen LogP contribution in [-0.4, -0.2) is 15.8 Å². The molecule has 5 nitrogen and oxygen atoms in total. The van der Waals surface area contributed by atoms with Crippen LogP contribution in [0.25, 0.3) is 0 Å². The first kappa shape index (κ1) is 17.5. The number of Topliss-reactive ketones (excluding diaryl/α,β-unsaturated/α-hetero) is 1. The first-order valence-corrected chi connectivity index (χ1v) is 7.86. The van der Waals surface area contributed by atoms with Crippen molar-refractivity contribution >= 4 is 28.9 Å². The number of nitrogens with one attached hydrogen (secondary N) is 2. The first-order chi connectivity index (χ1) is 12.4. The van der Waals surface area contributed by atoms with Gasteiger partial charge in [0.25, 0.3) is 0 Å². The van der Waals surface area contributed by atoms with Crippen LogP contribution in [0.1, 0.15) is 23.0 Å². The molecule has 0 atom stereocenters. The third-order valence-electron chi connectivity index (χ3n) is 3.57. The van der Waals surface area contributed by atoms with Crippen LogP contribution in [0.3, 0.4) is 0 Å². The standard InChI is InChI=1S/C19H16F2N4O/c1-11-8-18(23-15-5-3-4-13(9-15)12(2)26)25-19(22-11)24-17-7-6-14(20)10-16(17)21/h3-10H,1-2H3,(H2,22,23,24,25). The number of aryl methyl sites for hydroxylation is 1. The van der Waals surface area contributed by atoms with Crippen LogP contribution in [-0.2, 0) is 0 Å². The summed E-state index contributed by atoms with van der Waals surface area (Å²) in [5, 5.41) is 5.83. The lowest BCUT2D eigenvalue weighted by atomic mass is 10.1. The van der Waals surface area contributed by atoms with E-state index in [-0.39, 0.29) is 17.4 Å². The molecular weight excluding hydrogens is 338 g/mol. The van der Waals surface area contributed by atoms with Gasteiger partial charge in [0.05, 0.1) is 5.69 Å². The second-order valence-electron chi connectivity index (χ2n) is 5.73. The molecule has 26 heavy (non-hydrogen) atoms. The van der Waals surface area contributed by atoms with Crippen LogP contribution in [0.4, 0.5) is 31.9 Å². The van der Waals surface area contributed by atoms with Crippen molar-refractivity contribution in [3.63, 3.8) is 0 Å². The molecule has 7 heteroatoms. The van der Waals surface area contributed by atoms with Gasteiger partial charge in [-0.2, -0.15) is 4.98 Å². The normalized spacial score (nSPS) is 10.5. The van der Waals surface area contributed by atoms with Crippen molar-refractivity contribution in [2.75, 3.05) is 10.6 Å². The molecule has 1 aromatic heterocycles. The van der Waals surface area contributed by atoms with Crippen molar-refractivity contribution in [2.24, 2.45) is 0 Å². The van der Waals surface area contributed by atoms with Crippen LogP contribution in [0.15, 0.2) is 48.5 Å². The van der Waals surface area contributed by atoms with Gasteiger partial charge in [0, 0.05) is 29.1 Å². The molecule has 3 aromatic rings. The Morgan fingerprint density at radius 2 is 1.81 bits per heavy atom. The number of rotatable bonds is 5. The number of halogens is 2. The molecule has 3 rings (SSSR count). The highest BCUT2D eigenvalue weighted by Gasteiger charge is 2.08. The minimum atomic E-state index is -0.737. The summed E-state index contributed by atoms with van der Waals surface area (Å²) in [6.45, 7) is 3.26. The topological polar surface area (TPSA) is 66.9 Å². The highest BCUT2D eigenvalue weighted by Crippen LogP contribution is 2.22. The van der Waals surface area contributed by atoms with Crippen LogP contribution in [0.2, 0.25) is 0 Å². The highest BCUT2D eigenvalue weighted by molar-refractivity contribution is 5.95. The monoisotopic (exact) mass is 354 g/mol. The lowest BCUT2D eigenvalue weighted by Crippen LogP contribution is -2.04. The summed E-state index contributed by atoms with van der Waals surface area (Å²) in [5.41, 5.74) is 1.99. The number of benzene rings is 2. The quantitative estimate of drug-likeness (QED) is 0.647. The van der Waals surface area contributed by atoms with Crippen molar-refractivity contribution in [1.29, 1.82) is 0 Å². The van der Waals surface area contributed by atoms with Gasteiger partial charge in [-0.1, -0.05) is 12.1 Å². The summed E-state index contributed by atoms with van der Waals surface area (Å²) in [4.78, 5) is 20.0. The van der Waals surface area contributed by atoms with E-state index in [0.717, 1.165) is 12.1 Å². The molecule has 0 aliphatic carbocycles. The van der Waals surface area contributed by atoms with E-state index in [9.17, 15) is 13.6 Å². The fraction of sp³-hybridized carbons (Fsp3) is 0.105.